The van der Waals surface area contributed by atoms with E-state index in [0.717, 1.165) is 36.3 Å². The molecule has 5 rings (SSSR count). The number of benzene rings is 2. The summed E-state index contributed by atoms with van der Waals surface area (Å²) in [6, 6.07) is 14.2. The van der Waals surface area contributed by atoms with E-state index in [1.807, 2.05) is 24.3 Å². The van der Waals surface area contributed by atoms with Gasteiger partial charge in [0.25, 0.3) is 5.91 Å². The van der Waals surface area contributed by atoms with Crippen molar-refractivity contribution >= 4 is 29.3 Å². The van der Waals surface area contributed by atoms with Gasteiger partial charge < -0.3 is 9.80 Å². The molecule has 0 N–H and O–H groups in total. The number of hydrogen-bond acceptors (Lipinski definition) is 3. The Morgan fingerprint density at radius 3 is 2.64 bits per heavy atom. The second-order valence-electron chi connectivity index (χ2n) is 7.61. The zero-order valence-electron chi connectivity index (χ0n) is 15.4. The summed E-state index contributed by atoms with van der Waals surface area (Å²) in [7, 11) is 0. The molecule has 2 amide bonds. The molecule has 0 radical (unpaired) electrons. The normalized spacial score (nSPS) is 24.0. The number of anilines is 1. The minimum atomic E-state index is -1.01. The van der Waals surface area contributed by atoms with Gasteiger partial charge in [-0.15, -0.1) is 11.8 Å². The number of hydrogen-bond donors (Lipinski definition) is 0. The third kappa shape index (κ3) is 2.43. The summed E-state index contributed by atoms with van der Waals surface area (Å²) in [6.45, 7) is 0.740. The molecule has 1 spiro atoms. The summed E-state index contributed by atoms with van der Waals surface area (Å²) in [5.74, 6) is 0.400. The fourth-order valence-corrected chi connectivity index (χ4v) is 5.89. The lowest BCUT2D eigenvalue weighted by Gasteiger charge is -2.37. The van der Waals surface area contributed by atoms with Gasteiger partial charge in [-0.25, -0.2) is 4.39 Å². The molecule has 1 saturated carbocycles. The van der Waals surface area contributed by atoms with Crippen molar-refractivity contribution in [1.82, 2.24) is 4.90 Å². The average molecular weight is 396 g/mol. The van der Waals surface area contributed by atoms with Crippen LogP contribution in [0.1, 0.15) is 30.4 Å². The molecule has 2 aliphatic heterocycles. The summed E-state index contributed by atoms with van der Waals surface area (Å²) in [6.07, 6.45) is 2.89. The summed E-state index contributed by atoms with van der Waals surface area (Å²) in [4.78, 5) is 29.3. The summed E-state index contributed by atoms with van der Waals surface area (Å²) < 4.78 is 14.3. The number of rotatable bonds is 3. The lowest BCUT2D eigenvalue weighted by molar-refractivity contribution is -0.145. The van der Waals surface area contributed by atoms with Gasteiger partial charge in [0, 0.05) is 29.3 Å². The van der Waals surface area contributed by atoms with E-state index in [1.54, 1.807) is 28.0 Å². The third-order valence-electron chi connectivity index (χ3n) is 6.11. The number of nitrogens with zero attached hydrogens (tertiary/aromatic N) is 2. The van der Waals surface area contributed by atoms with Crippen LogP contribution in [0.15, 0.2) is 48.5 Å². The van der Waals surface area contributed by atoms with Crippen LogP contribution in [0.4, 0.5) is 10.1 Å². The first-order valence-corrected chi connectivity index (χ1v) is 10.7. The minimum absolute atomic E-state index is 0.0381. The number of carbonyl (C=O) groups is 2. The first-order chi connectivity index (χ1) is 13.6. The molecule has 2 aromatic carbocycles. The Balaban J connectivity index is 1.57. The van der Waals surface area contributed by atoms with Gasteiger partial charge in [-0.3, -0.25) is 9.59 Å². The SMILES string of the molecule is O=C(C1CCC1)N1CCS[C@]12C(=O)N(Cc1ccccc1F)c1ccccc12. The second kappa shape index (κ2) is 6.62. The highest BCUT2D eigenvalue weighted by Gasteiger charge is 2.60. The lowest BCUT2D eigenvalue weighted by atomic mass is 9.84. The van der Waals surface area contributed by atoms with Crippen molar-refractivity contribution in [3.05, 3.63) is 65.5 Å². The van der Waals surface area contributed by atoms with Crippen molar-refractivity contribution in [3.8, 4) is 0 Å². The van der Waals surface area contributed by atoms with E-state index in [9.17, 15) is 14.0 Å². The number of halogens is 1. The lowest BCUT2D eigenvalue weighted by Crippen LogP contribution is -2.52. The fourth-order valence-electron chi connectivity index (χ4n) is 4.42. The number of para-hydroxylation sites is 1. The number of amides is 2. The molecule has 1 saturated heterocycles. The summed E-state index contributed by atoms with van der Waals surface area (Å²) in [5.41, 5.74) is 2.10. The van der Waals surface area contributed by atoms with Crippen LogP contribution in [-0.2, 0) is 21.0 Å². The third-order valence-corrected chi connectivity index (χ3v) is 7.53. The molecule has 2 heterocycles. The maximum Gasteiger partial charge on any atom is 0.268 e. The Kier molecular flexibility index (Phi) is 4.19. The molecule has 144 valence electrons. The van der Waals surface area contributed by atoms with Crippen molar-refractivity contribution in [2.45, 2.75) is 30.7 Å². The van der Waals surface area contributed by atoms with Gasteiger partial charge >= 0.3 is 0 Å². The van der Waals surface area contributed by atoms with Crippen molar-refractivity contribution in [2.75, 3.05) is 17.2 Å². The molecule has 0 unspecified atom stereocenters. The molecule has 6 heteroatoms. The molecule has 1 aliphatic carbocycles. The minimum Gasteiger partial charge on any atom is -0.315 e. The Morgan fingerprint density at radius 1 is 1.14 bits per heavy atom. The van der Waals surface area contributed by atoms with Crippen LogP contribution in [0, 0.1) is 11.7 Å². The predicted octanol–water partition coefficient (Wildman–Crippen LogP) is 3.90. The van der Waals surface area contributed by atoms with Crippen molar-refractivity contribution in [3.63, 3.8) is 0 Å². The van der Waals surface area contributed by atoms with Crippen molar-refractivity contribution in [2.24, 2.45) is 5.92 Å². The maximum atomic E-state index is 14.3. The molecule has 4 nitrogen and oxygen atoms in total. The molecule has 2 aromatic rings. The van der Waals surface area contributed by atoms with Crippen LogP contribution in [-0.4, -0.2) is 29.0 Å². The van der Waals surface area contributed by atoms with E-state index in [2.05, 4.69) is 0 Å². The van der Waals surface area contributed by atoms with Crippen LogP contribution < -0.4 is 4.90 Å². The Hall–Kier alpha value is -2.34. The number of carbonyl (C=O) groups excluding carboxylic acids is 2. The standard InChI is InChI=1S/C22H21FN2O2S/c23-18-10-3-1-6-16(18)14-24-19-11-4-2-9-17(19)22(21(24)27)25(12-13-28-22)20(26)15-7-5-8-15/h1-4,6,9-11,15H,5,7-8,12-14H2/t22-/m1/s1. The van der Waals surface area contributed by atoms with Crippen molar-refractivity contribution < 1.29 is 14.0 Å². The Morgan fingerprint density at radius 2 is 1.89 bits per heavy atom. The summed E-state index contributed by atoms with van der Waals surface area (Å²) >= 11 is 1.53. The van der Waals surface area contributed by atoms with E-state index in [1.165, 1.54) is 17.8 Å². The van der Waals surface area contributed by atoms with E-state index in [0.29, 0.717) is 12.1 Å². The molecule has 1 atom stereocenters. The van der Waals surface area contributed by atoms with Crippen LogP contribution in [0.2, 0.25) is 0 Å². The van der Waals surface area contributed by atoms with Gasteiger partial charge in [0.2, 0.25) is 5.91 Å². The summed E-state index contributed by atoms with van der Waals surface area (Å²) in [5, 5.41) is 0. The van der Waals surface area contributed by atoms with Gasteiger partial charge in [0.15, 0.2) is 4.87 Å². The first kappa shape index (κ1) is 17.7. The van der Waals surface area contributed by atoms with Gasteiger partial charge in [0.1, 0.15) is 5.82 Å². The number of fused-ring (bicyclic) bond motifs is 2. The highest BCUT2D eigenvalue weighted by molar-refractivity contribution is 8.01. The van der Waals surface area contributed by atoms with Crippen LogP contribution in [0.5, 0.6) is 0 Å². The van der Waals surface area contributed by atoms with E-state index < -0.39 is 4.87 Å². The highest BCUT2D eigenvalue weighted by Crippen LogP contribution is 2.55. The zero-order valence-corrected chi connectivity index (χ0v) is 16.3. The Labute approximate surface area is 167 Å². The van der Waals surface area contributed by atoms with E-state index in [-0.39, 0.29) is 30.1 Å². The molecule has 28 heavy (non-hydrogen) atoms. The molecule has 0 bridgehead atoms. The quantitative estimate of drug-likeness (QED) is 0.790. The van der Waals surface area contributed by atoms with Gasteiger partial charge in [-0.2, -0.15) is 0 Å². The van der Waals surface area contributed by atoms with Crippen molar-refractivity contribution in [1.29, 1.82) is 0 Å². The molecule has 2 fully saturated rings. The zero-order chi connectivity index (χ0) is 19.3. The monoisotopic (exact) mass is 396 g/mol. The van der Waals surface area contributed by atoms with Gasteiger partial charge in [-0.1, -0.05) is 42.8 Å². The largest absolute Gasteiger partial charge is 0.315 e. The first-order valence-electron chi connectivity index (χ1n) is 9.73. The van der Waals surface area contributed by atoms with Crippen LogP contribution in [0.3, 0.4) is 0 Å². The molecule has 0 aromatic heterocycles. The average Bonchev–Trinajstić information content (AvgIpc) is 3.20. The van der Waals surface area contributed by atoms with Crippen LogP contribution >= 0.6 is 11.8 Å². The second-order valence-corrected chi connectivity index (χ2v) is 8.90. The van der Waals surface area contributed by atoms with E-state index >= 15 is 0 Å². The maximum absolute atomic E-state index is 14.3. The fraction of sp³-hybridized carbons (Fsp3) is 0.364. The van der Waals surface area contributed by atoms with Gasteiger partial charge in [0.05, 0.1) is 12.2 Å². The van der Waals surface area contributed by atoms with Gasteiger partial charge in [-0.05, 0) is 25.0 Å². The Bertz CT molecular complexity index is 961. The van der Waals surface area contributed by atoms with Crippen LogP contribution in [0.25, 0.3) is 0 Å². The molecule has 3 aliphatic rings. The smallest absolute Gasteiger partial charge is 0.268 e. The molecular weight excluding hydrogens is 375 g/mol. The molecular formula is C22H21FN2O2S. The van der Waals surface area contributed by atoms with E-state index in [4.69, 9.17) is 0 Å². The predicted molar refractivity (Wildman–Crippen MR) is 107 cm³/mol. The topological polar surface area (TPSA) is 40.6 Å². The number of thioether (sulfide) groups is 1. The highest BCUT2D eigenvalue weighted by atomic mass is 32.2.